The maximum absolute atomic E-state index is 12.3. The fraction of sp³-hybridized carbons (Fsp3) is 0.412. The smallest absolute Gasteiger partial charge is 0.256 e. The summed E-state index contributed by atoms with van der Waals surface area (Å²) in [6.07, 6.45) is 2.74. The van der Waals surface area contributed by atoms with Gasteiger partial charge in [0, 0.05) is 37.3 Å². The van der Waals surface area contributed by atoms with Gasteiger partial charge in [-0.2, -0.15) is 0 Å². The average Bonchev–Trinajstić information content (AvgIpc) is 3.03. The van der Waals surface area contributed by atoms with E-state index in [1.165, 1.54) is 10.4 Å². The number of carbonyl (C=O) groups excluding carboxylic acids is 1. The lowest BCUT2D eigenvalue weighted by atomic mass is 10.1. The van der Waals surface area contributed by atoms with Crippen LogP contribution in [0.1, 0.15) is 27.7 Å². The zero-order valence-corrected chi connectivity index (χ0v) is 14.1. The van der Waals surface area contributed by atoms with Gasteiger partial charge in [0.1, 0.15) is 5.56 Å². The van der Waals surface area contributed by atoms with Crippen molar-refractivity contribution in [3.63, 3.8) is 0 Å². The monoisotopic (exact) mass is 331 g/mol. The normalized spacial score (nSPS) is 14.3. The molecule has 0 aliphatic carbocycles. The Balaban J connectivity index is 1.50. The molecule has 3 rings (SSSR count). The third-order valence-corrected chi connectivity index (χ3v) is 4.92. The predicted molar refractivity (Wildman–Crippen MR) is 91.0 cm³/mol. The number of nitrogens with one attached hydrogen (secondary N) is 1. The molecular weight excluding hydrogens is 310 g/mol. The van der Waals surface area contributed by atoms with E-state index in [1.54, 1.807) is 18.3 Å². The molecule has 0 saturated carbocycles. The molecule has 3 heterocycles. The number of thiophene rings is 1. The van der Waals surface area contributed by atoms with Gasteiger partial charge < -0.3 is 10.1 Å². The Morgan fingerprint density at radius 1 is 1.48 bits per heavy atom. The highest BCUT2D eigenvalue weighted by atomic mass is 32.1. The molecule has 0 atom stereocenters. The summed E-state index contributed by atoms with van der Waals surface area (Å²) in [5, 5.41) is 5.13. The summed E-state index contributed by atoms with van der Waals surface area (Å²) in [5.74, 6) is 0.267. The van der Waals surface area contributed by atoms with Gasteiger partial charge in [0.15, 0.2) is 0 Å². The number of amides is 1. The van der Waals surface area contributed by atoms with Crippen LogP contribution in [0.4, 0.5) is 0 Å². The van der Waals surface area contributed by atoms with Crippen molar-refractivity contribution in [2.75, 3.05) is 26.2 Å². The molecule has 1 aliphatic heterocycles. The molecule has 2 aromatic heterocycles. The molecule has 1 aliphatic rings. The predicted octanol–water partition coefficient (Wildman–Crippen LogP) is 2.33. The number of hydrogen-bond donors (Lipinski definition) is 1. The van der Waals surface area contributed by atoms with E-state index >= 15 is 0 Å². The fourth-order valence-corrected chi connectivity index (χ4v) is 3.63. The van der Waals surface area contributed by atoms with Crippen LogP contribution in [0.3, 0.4) is 0 Å². The lowest BCUT2D eigenvalue weighted by Gasteiger charge is -2.26. The SMILES string of the molecule is CCOc1ncccc1C(=O)NCCN1CCc2sccc2C1. The zero-order valence-electron chi connectivity index (χ0n) is 13.2. The number of rotatable bonds is 6. The largest absolute Gasteiger partial charge is 0.477 e. The van der Waals surface area contributed by atoms with Crippen LogP contribution in [-0.4, -0.2) is 42.0 Å². The van der Waals surface area contributed by atoms with Crippen molar-refractivity contribution in [1.29, 1.82) is 0 Å². The van der Waals surface area contributed by atoms with E-state index in [1.807, 2.05) is 18.3 Å². The number of aromatic nitrogens is 1. The first-order chi connectivity index (χ1) is 11.3. The van der Waals surface area contributed by atoms with Gasteiger partial charge in [-0.25, -0.2) is 4.98 Å². The number of nitrogens with zero attached hydrogens (tertiary/aromatic N) is 2. The van der Waals surface area contributed by atoms with E-state index in [4.69, 9.17) is 4.74 Å². The highest BCUT2D eigenvalue weighted by Gasteiger charge is 2.17. The first-order valence-corrected chi connectivity index (χ1v) is 8.79. The van der Waals surface area contributed by atoms with Crippen LogP contribution in [0.2, 0.25) is 0 Å². The second-order valence-corrected chi connectivity index (χ2v) is 6.44. The Bertz CT molecular complexity index is 671. The molecular formula is C17H21N3O2S. The molecule has 2 aromatic rings. The minimum Gasteiger partial charge on any atom is -0.477 e. The van der Waals surface area contributed by atoms with Crippen molar-refractivity contribution >= 4 is 17.2 Å². The van der Waals surface area contributed by atoms with Crippen LogP contribution in [0.25, 0.3) is 0 Å². The van der Waals surface area contributed by atoms with Gasteiger partial charge in [-0.3, -0.25) is 9.69 Å². The average molecular weight is 331 g/mol. The standard InChI is InChI=1S/C17H21N3O2S/c1-2-22-17-14(4-3-7-19-17)16(21)18-8-10-20-9-5-15-13(12-20)6-11-23-15/h3-4,6-7,11H,2,5,8-10,12H2,1H3,(H,18,21). The molecule has 0 aromatic carbocycles. The third-order valence-electron chi connectivity index (χ3n) is 3.90. The molecule has 0 spiro atoms. The summed E-state index contributed by atoms with van der Waals surface area (Å²) in [7, 11) is 0. The van der Waals surface area contributed by atoms with Gasteiger partial charge in [-0.1, -0.05) is 0 Å². The molecule has 1 N–H and O–H groups in total. The number of ether oxygens (including phenoxy) is 1. The molecule has 6 heteroatoms. The summed E-state index contributed by atoms with van der Waals surface area (Å²) in [6, 6.07) is 5.70. The van der Waals surface area contributed by atoms with Crippen molar-refractivity contribution in [2.45, 2.75) is 19.9 Å². The highest BCUT2D eigenvalue weighted by molar-refractivity contribution is 7.10. The van der Waals surface area contributed by atoms with Gasteiger partial charge >= 0.3 is 0 Å². The first-order valence-electron chi connectivity index (χ1n) is 7.91. The molecule has 0 radical (unpaired) electrons. The number of fused-ring (bicyclic) bond motifs is 1. The van der Waals surface area contributed by atoms with Gasteiger partial charge in [0.05, 0.1) is 6.61 Å². The minimum atomic E-state index is -0.130. The lowest BCUT2D eigenvalue weighted by Crippen LogP contribution is -2.37. The van der Waals surface area contributed by atoms with Gasteiger partial charge in [-0.05, 0) is 42.5 Å². The third kappa shape index (κ3) is 3.89. The molecule has 1 amide bonds. The number of pyridine rings is 1. The molecule has 0 bridgehead atoms. The van der Waals surface area contributed by atoms with Crippen LogP contribution < -0.4 is 10.1 Å². The summed E-state index contributed by atoms with van der Waals surface area (Å²) < 4.78 is 5.40. The molecule has 0 saturated heterocycles. The van der Waals surface area contributed by atoms with Crippen molar-refractivity contribution in [3.05, 3.63) is 45.8 Å². The highest BCUT2D eigenvalue weighted by Crippen LogP contribution is 2.23. The van der Waals surface area contributed by atoms with Gasteiger partial charge in [0.2, 0.25) is 5.88 Å². The summed E-state index contributed by atoms with van der Waals surface area (Å²) in [6.45, 7) is 5.88. The van der Waals surface area contributed by atoms with Gasteiger partial charge in [0.25, 0.3) is 5.91 Å². The number of carbonyl (C=O) groups is 1. The topological polar surface area (TPSA) is 54.5 Å². The van der Waals surface area contributed by atoms with Crippen molar-refractivity contribution in [2.24, 2.45) is 0 Å². The Hall–Kier alpha value is -1.92. The van der Waals surface area contributed by atoms with E-state index in [9.17, 15) is 4.79 Å². The van der Waals surface area contributed by atoms with Crippen molar-refractivity contribution < 1.29 is 9.53 Å². The van der Waals surface area contributed by atoms with E-state index in [-0.39, 0.29) is 5.91 Å². The Morgan fingerprint density at radius 3 is 3.26 bits per heavy atom. The first kappa shape index (κ1) is 16.0. The Kier molecular flexibility index (Phi) is 5.25. The lowest BCUT2D eigenvalue weighted by molar-refractivity contribution is 0.0942. The van der Waals surface area contributed by atoms with Crippen molar-refractivity contribution in [1.82, 2.24) is 15.2 Å². The summed E-state index contributed by atoms with van der Waals surface area (Å²) >= 11 is 1.84. The van der Waals surface area contributed by atoms with E-state index in [2.05, 4.69) is 26.6 Å². The molecule has 23 heavy (non-hydrogen) atoms. The maximum Gasteiger partial charge on any atom is 0.256 e. The molecule has 5 nitrogen and oxygen atoms in total. The molecule has 0 unspecified atom stereocenters. The van der Waals surface area contributed by atoms with Crippen LogP contribution in [-0.2, 0) is 13.0 Å². The maximum atomic E-state index is 12.3. The second-order valence-electron chi connectivity index (χ2n) is 5.44. The van der Waals surface area contributed by atoms with Crippen LogP contribution in [0.5, 0.6) is 5.88 Å². The van der Waals surface area contributed by atoms with Crippen LogP contribution in [0, 0.1) is 0 Å². The van der Waals surface area contributed by atoms with Gasteiger partial charge in [-0.15, -0.1) is 11.3 Å². The number of hydrogen-bond acceptors (Lipinski definition) is 5. The van der Waals surface area contributed by atoms with E-state index < -0.39 is 0 Å². The Morgan fingerprint density at radius 2 is 2.39 bits per heavy atom. The molecule has 122 valence electrons. The van der Waals surface area contributed by atoms with Crippen LogP contribution >= 0.6 is 11.3 Å². The Labute approximate surface area is 140 Å². The minimum absolute atomic E-state index is 0.130. The summed E-state index contributed by atoms with van der Waals surface area (Å²) in [5.41, 5.74) is 1.92. The summed E-state index contributed by atoms with van der Waals surface area (Å²) in [4.78, 5) is 20.3. The van der Waals surface area contributed by atoms with E-state index in [0.717, 1.165) is 26.1 Å². The second kappa shape index (κ2) is 7.57. The quantitative estimate of drug-likeness (QED) is 0.883. The van der Waals surface area contributed by atoms with Crippen LogP contribution in [0.15, 0.2) is 29.8 Å². The fourth-order valence-electron chi connectivity index (χ4n) is 2.74. The van der Waals surface area contributed by atoms with E-state index in [0.29, 0.717) is 24.6 Å². The zero-order chi connectivity index (χ0) is 16.1. The molecule has 0 fully saturated rings. The van der Waals surface area contributed by atoms with Crippen molar-refractivity contribution in [3.8, 4) is 5.88 Å².